The van der Waals surface area contributed by atoms with Crippen molar-refractivity contribution < 1.29 is 4.79 Å². The first-order valence-corrected chi connectivity index (χ1v) is 6.59. The molecule has 4 heteroatoms. The lowest BCUT2D eigenvalue weighted by Crippen LogP contribution is -2.27. The molecule has 0 unspecified atom stereocenters. The lowest BCUT2D eigenvalue weighted by molar-refractivity contribution is 0.0792. The quantitative estimate of drug-likeness (QED) is 0.595. The van der Waals surface area contributed by atoms with Crippen molar-refractivity contribution in [2.45, 2.75) is 19.3 Å². The van der Waals surface area contributed by atoms with E-state index in [0.717, 1.165) is 31.1 Å². The van der Waals surface area contributed by atoms with E-state index in [0.29, 0.717) is 5.56 Å². The Morgan fingerprint density at radius 2 is 2.00 bits per heavy atom. The van der Waals surface area contributed by atoms with Crippen molar-refractivity contribution in [3.63, 3.8) is 0 Å². The first kappa shape index (κ1) is 13.2. The van der Waals surface area contributed by atoms with E-state index in [1.807, 2.05) is 7.05 Å². The maximum absolute atomic E-state index is 11.9. The fourth-order valence-electron chi connectivity index (χ4n) is 1.44. The zero-order valence-electron chi connectivity index (χ0n) is 9.53. The highest BCUT2D eigenvalue weighted by molar-refractivity contribution is 9.09. The van der Waals surface area contributed by atoms with Gasteiger partial charge in [0.2, 0.25) is 0 Å². The predicted octanol–water partition coefficient (Wildman–Crippen LogP) is 2.72. The van der Waals surface area contributed by atoms with Gasteiger partial charge < -0.3 is 4.90 Å². The van der Waals surface area contributed by atoms with E-state index in [9.17, 15) is 4.79 Å². The summed E-state index contributed by atoms with van der Waals surface area (Å²) >= 11 is 3.39. The highest BCUT2D eigenvalue weighted by atomic mass is 79.9. The second-order valence-corrected chi connectivity index (χ2v) is 4.51. The van der Waals surface area contributed by atoms with E-state index in [4.69, 9.17) is 0 Å². The number of hydrogen-bond donors (Lipinski definition) is 0. The maximum atomic E-state index is 11.9. The Kier molecular flexibility index (Phi) is 6.08. The SMILES string of the molecule is CN(CCCCCBr)C(=O)c1ccncc1. The minimum absolute atomic E-state index is 0.0706. The molecule has 0 radical (unpaired) electrons. The van der Waals surface area contributed by atoms with Gasteiger partial charge in [-0.2, -0.15) is 0 Å². The number of unbranched alkanes of at least 4 members (excludes halogenated alkanes) is 2. The summed E-state index contributed by atoms with van der Waals surface area (Å²) in [5.41, 5.74) is 0.706. The topological polar surface area (TPSA) is 33.2 Å². The molecule has 16 heavy (non-hydrogen) atoms. The van der Waals surface area contributed by atoms with Crippen LogP contribution in [0.1, 0.15) is 29.6 Å². The Hall–Kier alpha value is -0.900. The first-order chi connectivity index (χ1) is 7.75. The van der Waals surface area contributed by atoms with E-state index in [2.05, 4.69) is 20.9 Å². The number of carbonyl (C=O) groups is 1. The summed E-state index contributed by atoms with van der Waals surface area (Å²) in [6.45, 7) is 0.814. The number of halogens is 1. The fourth-order valence-corrected chi connectivity index (χ4v) is 1.83. The lowest BCUT2D eigenvalue weighted by Gasteiger charge is -2.16. The summed E-state index contributed by atoms with van der Waals surface area (Å²) < 4.78 is 0. The average Bonchev–Trinajstić information content (AvgIpc) is 2.34. The van der Waals surface area contributed by atoms with Gasteiger partial charge in [-0.15, -0.1) is 0 Å². The van der Waals surface area contributed by atoms with Crippen molar-refractivity contribution in [3.8, 4) is 0 Å². The van der Waals surface area contributed by atoms with Crippen LogP contribution in [0.15, 0.2) is 24.5 Å². The van der Waals surface area contributed by atoms with Crippen LogP contribution in [0.25, 0.3) is 0 Å². The van der Waals surface area contributed by atoms with Crippen molar-refractivity contribution in [3.05, 3.63) is 30.1 Å². The molecule has 1 aromatic rings. The van der Waals surface area contributed by atoms with Gasteiger partial charge in [0.15, 0.2) is 0 Å². The zero-order valence-corrected chi connectivity index (χ0v) is 11.1. The van der Waals surface area contributed by atoms with Crippen LogP contribution >= 0.6 is 15.9 Å². The monoisotopic (exact) mass is 284 g/mol. The number of alkyl halides is 1. The van der Waals surface area contributed by atoms with Gasteiger partial charge in [-0.05, 0) is 25.0 Å². The van der Waals surface area contributed by atoms with Crippen molar-refractivity contribution in [2.24, 2.45) is 0 Å². The van der Waals surface area contributed by atoms with Gasteiger partial charge in [0.25, 0.3) is 5.91 Å². The highest BCUT2D eigenvalue weighted by Gasteiger charge is 2.09. The molecule has 3 nitrogen and oxygen atoms in total. The molecule has 0 N–H and O–H groups in total. The molecule has 1 aromatic heterocycles. The van der Waals surface area contributed by atoms with Crippen LogP contribution in [0, 0.1) is 0 Å². The largest absolute Gasteiger partial charge is 0.342 e. The number of hydrogen-bond acceptors (Lipinski definition) is 2. The lowest BCUT2D eigenvalue weighted by atomic mass is 10.2. The molecule has 0 aromatic carbocycles. The van der Waals surface area contributed by atoms with Gasteiger partial charge in [0.05, 0.1) is 0 Å². The van der Waals surface area contributed by atoms with E-state index >= 15 is 0 Å². The Labute approximate surface area is 105 Å². The Bertz CT molecular complexity index is 316. The van der Waals surface area contributed by atoms with Crippen LogP contribution in [0.2, 0.25) is 0 Å². The van der Waals surface area contributed by atoms with Gasteiger partial charge in [-0.25, -0.2) is 0 Å². The smallest absolute Gasteiger partial charge is 0.253 e. The molecule has 1 amide bonds. The normalized spacial score (nSPS) is 10.1. The molecule has 1 heterocycles. The van der Waals surface area contributed by atoms with Crippen molar-refractivity contribution >= 4 is 21.8 Å². The van der Waals surface area contributed by atoms with Crippen LogP contribution < -0.4 is 0 Å². The summed E-state index contributed by atoms with van der Waals surface area (Å²) in [6.07, 6.45) is 6.66. The third-order valence-electron chi connectivity index (χ3n) is 2.40. The molecule has 0 aliphatic heterocycles. The second-order valence-electron chi connectivity index (χ2n) is 3.71. The Morgan fingerprint density at radius 1 is 1.31 bits per heavy atom. The van der Waals surface area contributed by atoms with Gasteiger partial charge in [-0.1, -0.05) is 22.4 Å². The van der Waals surface area contributed by atoms with Crippen LogP contribution in [0.3, 0.4) is 0 Å². The van der Waals surface area contributed by atoms with Crippen molar-refractivity contribution in [1.82, 2.24) is 9.88 Å². The molecule has 0 aliphatic rings. The van der Waals surface area contributed by atoms with E-state index in [1.54, 1.807) is 29.4 Å². The Balaban J connectivity index is 2.37. The molecular weight excluding hydrogens is 268 g/mol. The van der Waals surface area contributed by atoms with Gasteiger partial charge in [-0.3, -0.25) is 9.78 Å². The van der Waals surface area contributed by atoms with Crippen LogP contribution in [0.5, 0.6) is 0 Å². The summed E-state index contributed by atoms with van der Waals surface area (Å²) in [5.74, 6) is 0.0706. The first-order valence-electron chi connectivity index (χ1n) is 5.47. The van der Waals surface area contributed by atoms with Crippen molar-refractivity contribution in [1.29, 1.82) is 0 Å². The number of rotatable bonds is 6. The minimum Gasteiger partial charge on any atom is -0.342 e. The molecule has 0 saturated carbocycles. The third-order valence-corrected chi connectivity index (χ3v) is 2.96. The molecule has 1 rings (SSSR count). The van der Waals surface area contributed by atoms with Crippen LogP contribution in [0.4, 0.5) is 0 Å². The van der Waals surface area contributed by atoms with E-state index in [1.165, 1.54) is 0 Å². The third kappa shape index (κ3) is 4.31. The van der Waals surface area contributed by atoms with E-state index in [-0.39, 0.29) is 5.91 Å². The van der Waals surface area contributed by atoms with Gasteiger partial charge in [0, 0.05) is 36.9 Å². The molecule has 0 saturated heterocycles. The molecule has 0 spiro atoms. The molecule has 0 fully saturated rings. The van der Waals surface area contributed by atoms with Crippen LogP contribution in [-0.4, -0.2) is 34.7 Å². The summed E-state index contributed by atoms with van der Waals surface area (Å²) in [5, 5.41) is 1.04. The number of carbonyl (C=O) groups excluding carboxylic acids is 1. The number of nitrogens with zero attached hydrogens (tertiary/aromatic N) is 2. The standard InChI is InChI=1S/C12H17BrN2O/c1-15(10-4-2-3-7-13)12(16)11-5-8-14-9-6-11/h5-6,8-9H,2-4,7,10H2,1H3. The van der Waals surface area contributed by atoms with Gasteiger partial charge >= 0.3 is 0 Å². The summed E-state index contributed by atoms with van der Waals surface area (Å²) in [4.78, 5) is 17.6. The number of pyridine rings is 1. The summed E-state index contributed by atoms with van der Waals surface area (Å²) in [7, 11) is 1.84. The predicted molar refractivity (Wildman–Crippen MR) is 68.8 cm³/mol. The molecular formula is C12H17BrN2O. The van der Waals surface area contributed by atoms with E-state index < -0.39 is 0 Å². The maximum Gasteiger partial charge on any atom is 0.253 e. The zero-order chi connectivity index (χ0) is 11.8. The van der Waals surface area contributed by atoms with Crippen LogP contribution in [-0.2, 0) is 0 Å². The van der Waals surface area contributed by atoms with Gasteiger partial charge in [0.1, 0.15) is 0 Å². The highest BCUT2D eigenvalue weighted by Crippen LogP contribution is 2.04. The summed E-state index contributed by atoms with van der Waals surface area (Å²) in [6, 6.07) is 3.49. The molecule has 0 atom stereocenters. The average molecular weight is 285 g/mol. The molecule has 88 valence electrons. The number of amides is 1. The Morgan fingerprint density at radius 3 is 2.62 bits per heavy atom. The number of aromatic nitrogens is 1. The second kappa shape index (κ2) is 7.39. The fraction of sp³-hybridized carbons (Fsp3) is 0.500. The molecule has 0 bridgehead atoms. The molecule has 0 aliphatic carbocycles. The van der Waals surface area contributed by atoms with Crippen molar-refractivity contribution in [2.75, 3.05) is 18.9 Å². The minimum atomic E-state index is 0.0706.